The first kappa shape index (κ1) is 38.5. The predicted octanol–water partition coefficient (Wildman–Crippen LogP) is 5.83. The molecule has 0 radical (unpaired) electrons. The fraction of sp³-hybridized carbons (Fsp3) is 0.758. The molecule has 4 aliphatic rings. The number of carbonyl (C=O) groups excluding carboxylic acids is 2. The summed E-state index contributed by atoms with van der Waals surface area (Å²) in [5.74, 6) is -0.487. The summed E-state index contributed by atoms with van der Waals surface area (Å²) in [6, 6.07) is 3.06. The zero-order valence-electron chi connectivity index (χ0n) is 30.1. The third kappa shape index (κ3) is 8.68. The molecule has 0 unspecified atom stereocenters. The van der Waals surface area contributed by atoms with Crippen molar-refractivity contribution in [1.29, 1.82) is 0 Å². The highest BCUT2D eigenvalue weighted by molar-refractivity contribution is 7.87. The standard InChI is InChI=1S/C17H24F3N3O5S.C16H25N3O3/c1-15(2,3)27-14(24)22-9-6-16(7-10-22)5-4-8-23-12(16)11-13(21-23)28-29(25,26)17(18,19)20;1-15(2,3)22-14(21)18-9-6-16(7-10-18)5-4-8-19-12(16)11-13(20)17-19/h11H,4-10H2,1-3H3;11H,4-10H2,1-3H3,(H,17,20). The van der Waals surface area contributed by atoms with E-state index in [0.717, 1.165) is 50.8 Å². The largest absolute Gasteiger partial charge is 0.534 e. The quantitative estimate of drug-likeness (QED) is 0.293. The monoisotopic (exact) mass is 746 g/mol. The Morgan fingerprint density at radius 2 is 1.12 bits per heavy atom. The van der Waals surface area contributed by atoms with Crippen LogP contribution in [0, 0.1) is 0 Å². The second-order valence-corrected chi connectivity index (χ2v) is 17.4. The van der Waals surface area contributed by atoms with Gasteiger partial charge in [0.05, 0.1) is 0 Å². The maximum atomic E-state index is 12.6. The van der Waals surface area contributed by atoms with Crippen molar-refractivity contribution in [3.63, 3.8) is 0 Å². The van der Waals surface area contributed by atoms with E-state index in [-0.39, 0.29) is 17.4 Å². The Kier molecular flexibility index (Phi) is 10.3. The lowest BCUT2D eigenvalue weighted by atomic mass is 9.71. The van der Waals surface area contributed by atoms with Crippen LogP contribution in [0.25, 0.3) is 0 Å². The van der Waals surface area contributed by atoms with Crippen molar-refractivity contribution < 1.29 is 49.9 Å². The molecule has 2 aromatic heterocycles. The van der Waals surface area contributed by atoms with E-state index >= 15 is 0 Å². The highest BCUT2D eigenvalue weighted by Gasteiger charge is 2.50. The minimum atomic E-state index is -5.78. The van der Waals surface area contributed by atoms with Crippen LogP contribution in [-0.2, 0) is 43.5 Å². The molecule has 0 aliphatic carbocycles. The van der Waals surface area contributed by atoms with E-state index in [1.807, 2.05) is 25.5 Å². The summed E-state index contributed by atoms with van der Waals surface area (Å²) in [7, 11) is -5.78. The SMILES string of the molecule is CC(C)(C)OC(=O)N1CCC2(CCCn3nc(O)cc32)CC1.CC(C)(C)OC(=O)N1CCC2(CCCn3nc(OS(=O)(=O)C(F)(F)F)cc32)CC1. The lowest BCUT2D eigenvalue weighted by molar-refractivity contribution is -0.0501. The minimum Gasteiger partial charge on any atom is -0.492 e. The number of amides is 2. The molecule has 2 amide bonds. The van der Waals surface area contributed by atoms with Gasteiger partial charge in [-0.15, -0.1) is 10.2 Å². The van der Waals surface area contributed by atoms with E-state index in [1.54, 1.807) is 36.6 Å². The summed E-state index contributed by atoms with van der Waals surface area (Å²) in [6.45, 7) is 14.6. The highest BCUT2D eigenvalue weighted by Crippen LogP contribution is 2.45. The maximum Gasteiger partial charge on any atom is 0.534 e. The summed E-state index contributed by atoms with van der Waals surface area (Å²) in [4.78, 5) is 27.9. The Morgan fingerprint density at radius 1 is 0.706 bits per heavy atom. The molecule has 2 saturated heterocycles. The number of hydrogen-bond donors (Lipinski definition) is 1. The van der Waals surface area contributed by atoms with Crippen molar-refractivity contribution in [1.82, 2.24) is 29.4 Å². The maximum absolute atomic E-state index is 12.6. The van der Waals surface area contributed by atoms with Gasteiger partial charge in [0.15, 0.2) is 0 Å². The average Bonchev–Trinajstić information content (AvgIpc) is 3.60. The normalized spacial score (nSPS) is 20.2. The van der Waals surface area contributed by atoms with E-state index in [2.05, 4.69) is 14.4 Å². The van der Waals surface area contributed by atoms with Gasteiger partial charge in [-0.2, -0.15) is 21.6 Å². The number of aromatic hydroxyl groups is 1. The van der Waals surface area contributed by atoms with E-state index in [9.17, 15) is 36.3 Å². The molecule has 0 saturated carbocycles. The Balaban J connectivity index is 0.000000205. The zero-order valence-corrected chi connectivity index (χ0v) is 30.9. The van der Waals surface area contributed by atoms with E-state index in [1.165, 1.54) is 10.7 Å². The van der Waals surface area contributed by atoms with Crippen LogP contribution in [0.5, 0.6) is 11.8 Å². The van der Waals surface area contributed by atoms with Crippen LogP contribution in [0.4, 0.5) is 22.8 Å². The topological polar surface area (TPSA) is 158 Å². The molecule has 286 valence electrons. The Labute approximate surface area is 296 Å². The minimum absolute atomic E-state index is 0.0464. The van der Waals surface area contributed by atoms with Gasteiger partial charge >= 0.3 is 27.8 Å². The van der Waals surface area contributed by atoms with E-state index < -0.39 is 44.2 Å². The summed E-state index contributed by atoms with van der Waals surface area (Å²) in [5.41, 5.74) is -5.17. The molecule has 6 heterocycles. The van der Waals surface area contributed by atoms with Gasteiger partial charge in [-0.25, -0.2) is 9.59 Å². The first-order valence-corrected chi connectivity index (χ1v) is 18.7. The lowest BCUT2D eigenvalue weighted by Crippen LogP contribution is -2.48. The number of ether oxygens (including phenoxy) is 2. The van der Waals surface area contributed by atoms with Crippen LogP contribution in [0.3, 0.4) is 0 Å². The van der Waals surface area contributed by atoms with Crippen LogP contribution in [-0.4, -0.2) is 98.0 Å². The molecule has 51 heavy (non-hydrogen) atoms. The Morgan fingerprint density at radius 3 is 1.53 bits per heavy atom. The van der Waals surface area contributed by atoms with Gasteiger partial charge in [-0.05, 0) is 92.9 Å². The number of fused-ring (bicyclic) bond motifs is 4. The Hall–Kier alpha value is -3.70. The van der Waals surface area contributed by atoms with Gasteiger partial charge in [0.2, 0.25) is 5.88 Å². The summed E-state index contributed by atoms with van der Waals surface area (Å²) in [6.07, 6.45) is 5.99. The number of piperidine rings is 2. The third-order valence-corrected chi connectivity index (χ3v) is 10.8. The molecule has 2 fully saturated rings. The fourth-order valence-corrected chi connectivity index (χ4v) is 7.88. The van der Waals surface area contributed by atoms with Crippen LogP contribution < -0.4 is 4.18 Å². The number of aromatic nitrogens is 4. The second-order valence-electron chi connectivity index (χ2n) is 15.9. The van der Waals surface area contributed by atoms with Gasteiger partial charge in [-0.3, -0.25) is 9.36 Å². The van der Waals surface area contributed by atoms with Gasteiger partial charge < -0.3 is 28.6 Å². The molecular weight excluding hydrogens is 697 g/mol. The van der Waals surface area contributed by atoms with Crippen LogP contribution >= 0.6 is 0 Å². The molecule has 18 heteroatoms. The number of alkyl halides is 3. The summed E-state index contributed by atoms with van der Waals surface area (Å²) < 4.78 is 78.8. The van der Waals surface area contributed by atoms with Crippen LogP contribution in [0.2, 0.25) is 0 Å². The number of carbonyl (C=O) groups is 2. The third-order valence-electron chi connectivity index (χ3n) is 9.88. The van der Waals surface area contributed by atoms with E-state index in [0.29, 0.717) is 51.3 Å². The molecule has 0 atom stereocenters. The van der Waals surface area contributed by atoms with Crippen molar-refractivity contribution in [2.45, 2.75) is 134 Å². The molecule has 14 nitrogen and oxygen atoms in total. The first-order valence-electron chi connectivity index (χ1n) is 17.3. The first-order chi connectivity index (χ1) is 23.5. The highest BCUT2D eigenvalue weighted by atomic mass is 32.2. The number of likely N-dealkylation sites (tertiary alicyclic amines) is 2. The number of halogens is 3. The molecule has 4 aliphatic heterocycles. The number of aryl methyl sites for hydroxylation is 2. The van der Waals surface area contributed by atoms with Gasteiger partial charge in [-0.1, -0.05) is 0 Å². The number of rotatable bonds is 2. The van der Waals surface area contributed by atoms with Crippen molar-refractivity contribution in [2.75, 3.05) is 26.2 Å². The van der Waals surface area contributed by atoms with Crippen molar-refractivity contribution in [2.24, 2.45) is 0 Å². The fourth-order valence-electron chi connectivity index (χ4n) is 7.48. The average molecular weight is 747 g/mol. The Bertz CT molecular complexity index is 1690. The molecular formula is C33H49F3N6O8S. The van der Waals surface area contributed by atoms with Crippen molar-refractivity contribution >= 4 is 22.3 Å². The number of nitrogens with zero attached hydrogens (tertiary/aromatic N) is 6. The van der Waals surface area contributed by atoms with Crippen molar-refractivity contribution in [3.8, 4) is 11.8 Å². The van der Waals surface area contributed by atoms with Gasteiger partial charge in [0.1, 0.15) is 11.2 Å². The molecule has 0 bridgehead atoms. The number of hydrogen-bond acceptors (Lipinski definition) is 10. The lowest BCUT2D eigenvalue weighted by Gasteiger charge is -2.44. The smallest absolute Gasteiger partial charge is 0.492 e. The van der Waals surface area contributed by atoms with Crippen LogP contribution in [0.1, 0.15) is 104 Å². The molecule has 2 aromatic rings. The summed E-state index contributed by atoms with van der Waals surface area (Å²) in [5, 5.41) is 17.8. The zero-order chi connectivity index (χ0) is 37.6. The molecule has 0 aromatic carbocycles. The van der Waals surface area contributed by atoms with Crippen LogP contribution in [0.15, 0.2) is 12.1 Å². The second kappa shape index (κ2) is 13.7. The van der Waals surface area contributed by atoms with Crippen molar-refractivity contribution in [3.05, 3.63) is 23.5 Å². The predicted molar refractivity (Wildman–Crippen MR) is 178 cm³/mol. The summed E-state index contributed by atoms with van der Waals surface area (Å²) >= 11 is 0. The molecule has 1 N–H and O–H groups in total. The molecule has 2 spiro atoms. The van der Waals surface area contributed by atoms with Gasteiger partial charge in [0, 0.05) is 73.6 Å². The van der Waals surface area contributed by atoms with Gasteiger partial charge in [0.25, 0.3) is 5.88 Å². The van der Waals surface area contributed by atoms with E-state index in [4.69, 9.17) is 9.47 Å². The molecule has 6 rings (SSSR count).